The first-order valence-electron chi connectivity index (χ1n) is 6.36. The molecular formula is C16H15BrO3S. The summed E-state index contributed by atoms with van der Waals surface area (Å²) in [4.78, 5) is 12.1. The number of halogens is 1. The molecule has 1 atom stereocenters. The van der Waals surface area contributed by atoms with Crippen molar-refractivity contribution in [2.75, 3.05) is 12.9 Å². The lowest BCUT2D eigenvalue weighted by molar-refractivity contribution is 0.102. The summed E-state index contributed by atoms with van der Waals surface area (Å²) in [6, 6.07) is 14.6. The van der Waals surface area contributed by atoms with Crippen molar-refractivity contribution in [1.29, 1.82) is 0 Å². The van der Waals surface area contributed by atoms with E-state index in [1.165, 1.54) is 0 Å². The summed E-state index contributed by atoms with van der Waals surface area (Å²) in [5, 5.41) is 0. The molecule has 110 valence electrons. The fraction of sp³-hybridized carbons (Fsp3) is 0.188. The second kappa shape index (κ2) is 7.52. The lowest BCUT2D eigenvalue weighted by atomic mass is 10.1. The number of hydrogen-bond acceptors (Lipinski definition) is 3. The van der Waals surface area contributed by atoms with Crippen LogP contribution in [0.25, 0.3) is 0 Å². The predicted molar refractivity (Wildman–Crippen MR) is 88.2 cm³/mol. The molecule has 2 rings (SSSR count). The molecule has 0 saturated heterocycles. The quantitative estimate of drug-likeness (QED) is 0.733. The minimum atomic E-state index is -1.21. The van der Waals surface area contributed by atoms with Crippen molar-refractivity contribution in [2.24, 2.45) is 0 Å². The van der Waals surface area contributed by atoms with E-state index in [-0.39, 0.29) is 11.5 Å². The Morgan fingerprint density at radius 2 is 1.90 bits per heavy atom. The molecule has 0 radical (unpaired) electrons. The number of hydrogen-bond donors (Lipinski definition) is 0. The first-order valence-corrected chi connectivity index (χ1v) is 8.64. The van der Waals surface area contributed by atoms with Gasteiger partial charge in [0, 0.05) is 22.1 Å². The Balaban J connectivity index is 2.01. The van der Waals surface area contributed by atoms with Gasteiger partial charge >= 0.3 is 0 Å². The molecule has 0 fully saturated rings. The molecule has 0 bridgehead atoms. The number of carbonyl (C=O) groups is 1. The highest BCUT2D eigenvalue weighted by molar-refractivity contribution is 9.10. The van der Waals surface area contributed by atoms with E-state index in [2.05, 4.69) is 15.9 Å². The Kier molecular flexibility index (Phi) is 5.70. The van der Waals surface area contributed by atoms with Gasteiger partial charge < -0.3 is 4.74 Å². The molecule has 0 heterocycles. The van der Waals surface area contributed by atoms with Crippen LogP contribution in [0.4, 0.5) is 0 Å². The molecule has 5 heteroatoms. The van der Waals surface area contributed by atoms with Crippen molar-refractivity contribution in [2.45, 2.75) is 5.75 Å². The Morgan fingerprint density at radius 1 is 1.19 bits per heavy atom. The molecule has 2 aromatic rings. The van der Waals surface area contributed by atoms with Crippen LogP contribution in [-0.4, -0.2) is 22.9 Å². The number of ether oxygens (including phenoxy) is 1. The smallest absolute Gasteiger partial charge is 0.175 e. The largest absolute Gasteiger partial charge is 0.496 e. The standard InChI is InChI=1S/C16H15BrO3S/c1-20-16-8-7-13(9-14(16)17)15(18)11-21(19)10-12-5-3-2-4-6-12/h2-9H,10-11H2,1H3. The van der Waals surface area contributed by atoms with E-state index in [9.17, 15) is 9.00 Å². The average Bonchev–Trinajstić information content (AvgIpc) is 2.48. The number of rotatable bonds is 6. The van der Waals surface area contributed by atoms with Crippen LogP contribution in [0.2, 0.25) is 0 Å². The molecule has 0 spiro atoms. The number of Topliss-reactive ketones (excluding diaryl/α,β-unsaturated/α-hetero) is 1. The molecule has 21 heavy (non-hydrogen) atoms. The van der Waals surface area contributed by atoms with Crippen molar-refractivity contribution >= 4 is 32.5 Å². The van der Waals surface area contributed by atoms with Gasteiger partial charge in [0.1, 0.15) is 5.75 Å². The highest BCUT2D eigenvalue weighted by atomic mass is 79.9. The molecule has 2 aromatic carbocycles. The highest BCUT2D eigenvalue weighted by Crippen LogP contribution is 2.25. The van der Waals surface area contributed by atoms with Gasteiger partial charge in [-0.25, -0.2) is 0 Å². The third-order valence-electron chi connectivity index (χ3n) is 2.94. The lowest BCUT2D eigenvalue weighted by Crippen LogP contribution is -2.12. The third kappa shape index (κ3) is 4.51. The van der Waals surface area contributed by atoms with E-state index in [1.807, 2.05) is 30.3 Å². The summed E-state index contributed by atoms with van der Waals surface area (Å²) in [6.07, 6.45) is 0. The van der Waals surface area contributed by atoms with Crippen molar-refractivity contribution < 1.29 is 13.7 Å². The van der Waals surface area contributed by atoms with Crippen LogP contribution in [-0.2, 0) is 16.6 Å². The highest BCUT2D eigenvalue weighted by Gasteiger charge is 2.13. The lowest BCUT2D eigenvalue weighted by Gasteiger charge is -2.06. The number of carbonyl (C=O) groups excluding carboxylic acids is 1. The van der Waals surface area contributed by atoms with Crippen molar-refractivity contribution in [3.63, 3.8) is 0 Å². The van der Waals surface area contributed by atoms with Crippen LogP contribution >= 0.6 is 15.9 Å². The van der Waals surface area contributed by atoms with Gasteiger partial charge in [-0.15, -0.1) is 0 Å². The molecule has 0 aliphatic carbocycles. The maximum atomic E-state index is 12.1. The second-order valence-electron chi connectivity index (χ2n) is 4.49. The maximum absolute atomic E-state index is 12.1. The molecule has 0 aliphatic rings. The molecule has 0 saturated carbocycles. The fourth-order valence-corrected chi connectivity index (χ4v) is 3.55. The Morgan fingerprint density at radius 3 is 2.52 bits per heavy atom. The summed E-state index contributed by atoms with van der Waals surface area (Å²) < 4.78 is 17.9. The zero-order valence-electron chi connectivity index (χ0n) is 11.5. The van der Waals surface area contributed by atoms with Gasteiger partial charge in [0.25, 0.3) is 0 Å². The first kappa shape index (κ1) is 15.9. The van der Waals surface area contributed by atoms with E-state index < -0.39 is 10.8 Å². The van der Waals surface area contributed by atoms with Crippen LogP contribution in [0.15, 0.2) is 53.0 Å². The average molecular weight is 367 g/mol. The van der Waals surface area contributed by atoms with Gasteiger partial charge in [0.15, 0.2) is 5.78 Å². The SMILES string of the molecule is COc1ccc(C(=O)CS(=O)Cc2ccccc2)cc1Br. The summed E-state index contributed by atoms with van der Waals surface area (Å²) in [5.41, 5.74) is 1.50. The summed E-state index contributed by atoms with van der Waals surface area (Å²) in [6.45, 7) is 0. The van der Waals surface area contributed by atoms with Crippen molar-refractivity contribution in [3.05, 3.63) is 64.1 Å². The zero-order valence-corrected chi connectivity index (χ0v) is 13.9. The summed E-state index contributed by atoms with van der Waals surface area (Å²) in [7, 11) is 0.355. The first-order chi connectivity index (χ1) is 10.1. The fourth-order valence-electron chi connectivity index (χ4n) is 1.88. The normalized spacial score (nSPS) is 11.9. The van der Waals surface area contributed by atoms with Crippen LogP contribution in [0.5, 0.6) is 5.75 Å². The molecule has 1 unspecified atom stereocenters. The van der Waals surface area contributed by atoms with Crippen LogP contribution < -0.4 is 4.74 Å². The Hall–Kier alpha value is -1.46. The topological polar surface area (TPSA) is 43.4 Å². The van der Waals surface area contributed by atoms with Crippen LogP contribution in [0.1, 0.15) is 15.9 Å². The predicted octanol–water partition coefficient (Wildman–Crippen LogP) is 3.59. The number of benzene rings is 2. The van der Waals surface area contributed by atoms with E-state index in [0.29, 0.717) is 21.5 Å². The van der Waals surface area contributed by atoms with Crippen LogP contribution in [0.3, 0.4) is 0 Å². The minimum Gasteiger partial charge on any atom is -0.496 e. The molecule has 0 amide bonds. The van der Waals surface area contributed by atoms with Gasteiger partial charge in [-0.05, 0) is 39.7 Å². The number of methoxy groups -OCH3 is 1. The van der Waals surface area contributed by atoms with Gasteiger partial charge in [0.05, 0.1) is 17.3 Å². The van der Waals surface area contributed by atoms with Gasteiger partial charge in [-0.1, -0.05) is 30.3 Å². The minimum absolute atomic E-state index is 0.0215. The van der Waals surface area contributed by atoms with Crippen molar-refractivity contribution in [1.82, 2.24) is 0 Å². The summed E-state index contributed by atoms with van der Waals surface area (Å²) >= 11 is 3.34. The van der Waals surface area contributed by atoms with E-state index in [0.717, 1.165) is 5.56 Å². The Labute approximate surface area is 134 Å². The molecule has 0 aliphatic heterocycles. The maximum Gasteiger partial charge on any atom is 0.175 e. The van der Waals surface area contributed by atoms with Crippen LogP contribution in [0, 0.1) is 0 Å². The third-order valence-corrected chi connectivity index (χ3v) is 4.80. The molecule has 3 nitrogen and oxygen atoms in total. The monoisotopic (exact) mass is 366 g/mol. The van der Waals surface area contributed by atoms with E-state index in [1.54, 1.807) is 25.3 Å². The molecule has 0 aromatic heterocycles. The second-order valence-corrected chi connectivity index (χ2v) is 6.80. The summed E-state index contributed by atoms with van der Waals surface area (Å²) in [5.74, 6) is 0.946. The van der Waals surface area contributed by atoms with Gasteiger partial charge in [0.2, 0.25) is 0 Å². The van der Waals surface area contributed by atoms with Gasteiger partial charge in [-0.2, -0.15) is 0 Å². The van der Waals surface area contributed by atoms with Gasteiger partial charge in [-0.3, -0.25) is 9.00 Å². The van der Waals surface area contributed by atoms with E-state index in [4.69, 9.17) is 4.74 Å². The Bertz CT molecular complexity index is 656. The molecular weight excluding hydrogens is 352 g/mol. The number of ketones is 1. The van der Waals surface area contributed by atoms with E-state index >= 15 is 0 Å². The zero-order chi connectivity index (χ0) is 15.2. The van der Waals surface area contributed by atoms with Crippen molar-refractivity contribution in [3.8, 4) is 5.75 Å². The molecule has 0 N–H and O–H groups in total.